The molecule has 108 valence electrons. The van der Waals surface area contributed by atoms with Crippen LogP contribution in [0.15, 0.2) is 66.0 Å². The minimum absolute atomic E-state index is 0.0810. The van der Waals surface area contributed by atoms with Crippen molar-refractivity contribution in [2.45, 2.75) is 12.8 Å². The topological polar surface area (TPSA) is 0 Å². The monoisotopic (exact) mass is 322 g/mol. The van der Waals surface area contributed by atoms with Crippen molar-refractivity contribution in [2.24, 2.45) is 0 Å². The average molecular weight is 323 g/mol. The smallest absolute Gasteiger partial charge is 0.0801 e. The summed E-state index contributed by atoms with van der Waals surface area (Å²) in [4.78, 5) is 1.30. The molecule has 0 saturated carbocycles. The normalized spacial score (nSPS) is 11.5. The van der Waals surface area contributed by atoms with Crippen molar-refractivity contribution in [3.63, 3.8) is 0 Å². The molecule has 0 bridgehead atoms. The van der Waals surface area contributed by atoms with Gasteiger partial charge in [-0.05, 0) is 53.8 Å². The van der Waals surface area contributed by atoms with Gasteiger partial charge in [-0.3, -0.25) is 0 Å². The second-order valence-corrected chi connectivity index (χ2v) is 6.47. The minimum Gasteiger partial charge on any atom is -0.147 e. The third-order valence-corrected chi connectivity index (χ3v) is 4.84. The Hall–Kier alpha value is -2.01. The van der Waals surface area contributed by atoms with Crippen LogP contribution in [0.3, 0.4) is 0 Å². The van der Waals surface area contributed by atoms with E-state index in [9.17, 15) is 0 Å². The Kier molecular flexibility index (Phi) is 4.63. The van der Waals surface area contributed by atoms with Gasteiger partial charge in [-0.2, -0.15) is 0 Å². The first-order valence-electron chi connectivity index (χ1n) is 7.10. The van der Waals surface area contributed by atoms with Crippen molar-refractivity contribution in [1.82, 2.24) is 0 Å². The van der Waals surface area contributed by atoms with Gasteiger partial charge in [-0.1, -0.05) is 53.8 Å². The molecule has 0 spiro atoms. The first-order chi connectivity index (χ1) is 10.7. The SMILES string of the molecule is Cc1ccsc1C(C#Cc1ccccc1)c1ccc(Cl)cc1. The van der Waals surface area contributed by atoms with Crippen LogP contribution in [-0.4, -0.2) is 0 Å². The highest BCUT2D eigenvalue weighted by Gasteiger charge is 2.15. The Balaban J connectivity index is 2.03. The number of hydrogen-bond donors (Lipinski definition) is 0. The first-order valence-corrected chi connectivity index (χ1v) is 8.36. The molecule has 0 aliphatic rings. The summed E-state index contributed by atoms with van der Waals surface area (Å²) in [5, 5.41) is 2.87. The van der Waals surface area contributed by atoms with Crippen molar-refractivity contribution >= 4 is 22.9 Å². The minimum atomic E-state index is 0.0810. The Bertz CT molecular complexity index is 804. The standard InChI is InChI=1S/C20H15ClS/c1-15-13-14-22-20(15)19(17-8-10-18(21)11-9-17)12-7-16-5-3-2-4-6-16/h2-6,8-11,13-14,19H,1H3. The molecule has 0 fully saturated rings. The molecule has 0 saturated heterocycles. The van der Waals surface area contributed by atoms with Gasteiger partial charge in [-0.15, -0.1) is 11.3 Å². The third kappa shape index (κ3) is 3.42. The lowest BCUT2D eigenvalue weighted by Crippen LogP contribution is -1.97. The largest absolute Gasteiger partial charge is 0.147 e. The second kappa shape index (κ2) is 6.83. The van der Waals surface area contributed by atoms with Gasteiger partial charge in [0.05, 0.1) is 5.92 Å². The summed E-state index contributed by atoms with van der Waals surface area (Å²) in [7, 11) is 0. The molecule has 3 aromatic rings. The maximum absolute atomic E-state index is 6.01. The Morgan fingerprint density at radius 3 is 2.32 bits per heavy atom. The average Bonchev–Trinajstić information content (AvgIpc) is 2.96. The Morgan fingerprint density at radius 1 is 0.955 bits per heavy atom. The molecule has 2 heteroatoms. The molecular weight excluding hydrogens is 308 g/mol. The maximum Gasteiger partial charge on any atom is 0.0801 e. The zero-order valence-electron chi connectivity index (χ0n) is 12.2. The number of rotatable bonds is 2. The van der Waals surface area contributed by atoms with Crippen LogP contribution >= 0.6 is 22.9 Å². The number of benzene rings is 2. The number of thiophene rings is 1. The molecule has 3 rings (SSSR count). The zero-order valence-corrected chi connectivity index (χ0v) is 13.8. The van der Waals surface area contributed by atoms with Crippen molar-refractivity contribution in [1.29, 1.82) is 0 Å². The van der Waals surface area contributed by atoms with Crippen LogP contribution in [0.2, 0.25) is 5.02 Å². The number of hydrogen-bond acceptors (Lipinski definition) is 1. The predicted molar refractivity (Wildman–Crippen MR) is 95.7 cm³/mol. The highest BCUT2D eigenvalue weighted by Crippen LogP contribution is 2.31. The molecule has 2 aromatic carbocycles. The summed E-state index contributed by atoms with van der Waals surface area (Å²) >= 11 is 7.77. The first kappa shape index (κ1) is 14.9. The Morgan fingerprint density at radius 2 is 1.68 bits per heavy atom. The van der Waals surface area contributed by atoms with Crippen LogP contribution in [0.4, 0.5) is 0 Å². The van der Waals surface area contributed by atoms with Crippen molar-refractivity contribution < 1.29 is 0 Å². The number of aryl methyl sites for hydroxylation is 1. The molecule has 0 aliphatic carbocycles. The molecule has 1 aromatic heterocycles. The van der Waals surface area contributed by atoms with Crippen LogP contribution in [0.25, 0.3) is 0 Å². The quantitative estimate of drug-likeness (QED) is 0.516. The van der Waals surface area contributed by atoms with E-state index in [1.165, 1.54) is 16.0 Å². The van der Waals surface area contributed by atoms with Crippen molar-refractivity contribution in [3.05, 3.63) is 92.6 Å². The molecular formula is C20H15ClS. The molecule has 0 radical (unpaired) electrons. The summed E-state index contributed by atoms with van der Waals surface area (Å²) in [6.07, 6.45) is 0. The van der Waals surface area contributed by atoms with Crippen LogP contribution in [0.5, 0.6) is 0 Å². The number of halogens is 1. The van der Waals surface area contributed by atoms with E-state index in [4.69, 9.17) is 11.6 Å². The van der Waals surface area contributed by atoms with Gasteiger partial charge in [0.2, 0.25) is 0 Å². The van der Waals surface area contributed by atoms with E-state index < -0.39 is 0 Å². The summed E-state index contributed by atoms with van der Waals surface area (Å²) in [5.41, 5.74) is 3.50. The predicted octanol–water partition coefficient (Wildman–Crippen LogP) is 5.89. The van der Waals surface area contributed by atoms with E-state index >= 15 is 0 Å². The lowest BCUT2D eigenvalue weighted by atomic mass is 9.95. The van der Waals surface area contributed by atoms with Gasteiger partial charge in [0.25, 0.3) is 0 Å². The van der Waals surface area contributed by atoms with Crippen LogP contribution in [0.1, 0.15) is 27.5 Å². The van der Waals surface area contributed by atoms with E-state index in [2.05, 4.69) is 42.3 Å². The third-order valence-electron chi connectivity index (χ3n) is 3.50. The summed E-state index contributed by atoms with van der Waals surface area (Å²) < 4.78 is 0. The highest BCUT2D eigenvalue weighted by molar-refractivity contribution is 7.10. The van der Waals surface area contributed by atoms with Gasteiger partial charge in [0.15, 0.2) is 0 Å². The van der Waals surface area contributed by atoms with E-state index in [-0.39, 0.29) is 5.92 Å². The fraction of sp³-hybridized carbons (Fsp3) is 0.100. The zero-order chi connectivity index (χ0) is 15.4. The fourth-order valence-corrected chi connectivity index (χ4v) is 3.44. The Labute approximate surface area is 140 Å². The van der Waals surface area contributed by atoms with Gasteiger partial charge >= 0.3 is 0 Å². The molecule has 0 aliphatic heterocycles. The molecule has 0 nitrogen and oxygen atoms in total. The summed E-state index contributed by atoms with van der Waals surface area (Å²) in [6.45, 7) is 2.14. The van der Waals surface area contributed by atoms with Crippen LogP contribution < -0.4 is 0 Å². The van der Waals surface area contributed by atoms with Crippen molar-refractivity contribution in [2.75, 3.05) is 0 Å². The molecule has 0 N–H and O–H groups in total. The van der Waals surface area contributed by atoms with E-state index in [0.717, 1.165) is 10.6 Å². The van der Waals surface area contributed by atoms with Gasteiger partial charge < -0.3 is 0 Å². The van der Waals surface area contributed by atoms with Crippen molar-refractivity contribution in [3.8, 4) is 11.8 Å². The molecule has 1 atom stereocenters. The fourth-order valence-electron chi connectivity index (χ4n) is 2.31. The molecule has 22 heavy (non-hydrogen) atoms. The van der Waals surface area contributed by atoms with Gasteiger partial charge in [0.1, 0.15) is 0 Å². The molecule has 1 heterocycles. The highest BCUT2D eigenvalue weighted by atomic mass is 35.5. The van der Waals surface area contributed by atoms with E-state index in [0.29, 0.717) is 0 Å². The van der Waals surface area contributed by atoms with Crippen LogP contribution in [-0.2, 0) is 0 Å². The molecule has 0 amide bonds. The van der Waals surface area contributed by atoms with E-state index in [1.54, 1.807) is 11.3 Å². The van der Waals surface area contributed by atoms with Gasteiger partial charge in [0, 0.05) is 15.5 Å². The lowest BCUT2D eigenvalue weighted by Gasteiger charge is -2.11. The lowest BCUT2D eigenvalue weighted by molar-refractivity contribution is 1.08. The summed E-state index contributed by atoms with van der Waals surface area (Å²) in [6, 6.07) is 20.2. The summed E-state index contributed by atoms with van der Waals surface area (Å²) in [5.74, 6) is 6.81. The van der Waals surface area contributed by atoms with Crippen LogP contribution in [0, 0.1) is 18.8 Å². The van der Waals surface area contributed by atoms with E-state index in [1.807, 2.05) is 42.5 Å². The van der Waals surface area contributed by atoms with Gasteiger partial charge in [-0.25, -0.2) is 0 Å². The maximum atomic E-state index is 6.01. The second-order valence-electron chi connectivity index (χ2n) is 5.09. The molecule has 1 unspecified atom stereocenters.